The van der Waals surface area contributed by atoms with Gasteiger partial charge in [-0.05, 0) is 33.6 Å². The third-order valence-electron chi connectivity index (χ3n) is 2.21. The highest BCUT2D eigenvalue weighted by molar-refractivity contribution is 9.10. The van der Waals surface area contributed by atoms with Gasteiger partial charge in [-0.1, -0.05) is 34.1 Å². The van der Waals surface area contributed by atoms with E-state index in [1.165, 1.54) is 6.07 Å². The molecule has 0 radical (unpaired) electrons. The van der Waals surface area contributed by atoms with Crippen LogP contribution < -0.4 is 5.32 Å². The van der Waals surface area contributed by atoms with Crippen LogP contribution in [0.15, 0.2) is 45.5 Å². The van der Waals surface area contributed by atoms with Crippen LogP contribution in [0.4, 0.5) is 10.2 Å². The fourth-order valence-corrected chi connectivity index (χ4v) is 2.09. The maximum Gasteiger partial charge on any atom is 0.166 e. The summed E-state index contributed by atoms with van der Waals surface area (Å²) >= 11 is 6.60. The van der Waals surface area contributed by atoms with Crippen LogP contribution in [0.1, 0.15) is 5.56 Å². The van der Waals surface area contributed by atoms with E-state index in [1.54, 1.807) is 6.20 Å². The molecule has 0 amide bonds. The molecule has 0 spiro atoms. The molecule has 0 unspecified atom stereocenters. The molecule has 88 valence electrons. The van der Waals surface area contributed by atoms with E-state index in [-0.39, 0.29) is 11.6 Å². The minimum atomic E-state index is -0.369. The van der Waals surface area contributed by atoms with Crippen LogP contribution in [0.3, 0.4) is 0 Å². The Balaban J connectivity index is 2.10. The van der Waals surface area contributed by atoms with Gasteiger partial charge in [0.1, 0.15) is 0 Å². The van der Waals surface area contributed by atoms with E-state index in [4.69, 9.17) is 0 Å². The molecule has 0 atom stereocenters. The number of halogens is 3. The van der Waals surface area contributed by atoms with Crippen molar-refractivity contribution < 1.29 is 4.39 Å². The predicted octanol–water partition coefficient (Wildman–Crippen LogP) is 4.36. The maximum absolute atomic E-state index is 13.5. The van der Waals surface area contributed by atoms with Crippen molar-refractivity contribution in [2.75, 3.05) is 5.32 Å². The Labute approximate surface area is 116 Å². The van der Waals surface area contributed by atoms with E-state index in [0.29, 0.717) is 11.0 Å². The molecule has 2 nitrogen and oxygen atoms in total. The Bertz CT molecular complexity index is 532. The van der Waals surface area contributed by atoms with Gasteiger partial charge in [-0.25, -0.2) is 9.37 Å². The van der Waals surface area contributed by atoms with Crippen molar-refractivity contribution in [1.29, 1.82) is 0 Å². The number of rotatable bonds is 3. The molecule has 5 heteroatoms. The Morgan fingerprint density at radius 3 is 2.71 bits per heavy atom. The Kier molecular flexibility index (Phi) is 4.12. The molecule has 0 saturated carbocycles. The van der Waals surface area contributed by atoms with Crippen molar-refractivity contribution in [3.63, 3.8) is 0 Å². The van der Waals surface area contributed by atoms with Crippen LogP contribution in [0.2, 0.25) is 0 Å². The third-order valence-corrected chi connectivity index (χ3v) is 3.42. The second kappa shape index (κ2) is 5.60. The fourth-order valence-electron chi connectivity index (χ4n) is 1.37. The molecule has 0 aliphatic heterocycles. The summed E-state index contributed by atoms with van der Waals surface area (Å²) in [4.78, 5) is 3.97. The van der Waals surface area contributed by atoms with Gasteiger partial charge in [0.15, 0.2) is 11.6 Å². The quantitative estimate of drug-likeness (QED) is 0.880. The van der Waals surface area contributed by atoms with E-state index in [2.05, 4.69) is 42.2 Å². The summed E-state index contributed by atoms with van der Waals surface area (Å²) in [6, 6.07) is 9.17. The summed E-state index contributed by atoms with van der Waals surface area (Å²) in [5, 5.41) is 2.96. The summed E-state index contributed by atoms with van der Waals surface area (Å²) in [5.41, 5.74) is 1.05. The van der Waals surface area contributed by atoms with Crippen molar-refractivity contribution in [3.8, 4) is 0 Å². The molecule has 1 N–H and O–H groups in total. The molecule has 17 heavy (non-hydrogen) atoms. The lowest BCUT2D eigenvalue weighted by Crippen LogP contribution is -2.04. The van der Waals surface area contributed by atoms with Gasteiger partial charge in [0.25, 0.3) is 0 Å². The van der Waals surface area contributed by atoms with Gasteiger partial charge >= 0.3 is 0 Å². The van der Waals surface area contributed by atoms with Crippen LogP contribution in [-0.2, 0) is 6.54 Å². The number of hydrogen-bond donors (Lipinski definition) is 1. The Morgan fingerprint density at radius 1 is 1.24 bits per heavy atom. The number of anilines is 1. The topological polar surface area (TPSA) is 24.9 Å². The average Bonchev–Trinajstić information content (AvgIpc) is 2.30. The third kappa shape index (κ3) is 3.26. The Hall–Kier alpha value is -0.940. The lowest BCUT2D eigenvalue weighted by molar-refractivity contribution is 0.623. The highest BCUT2D eigenvalue weighted by Gasteiger charge is 2.05. The minimum absolute atomic E-state index is 0.254. The standard InChI is InChI=1S/C12H9Br2FN2/c13-9-5-11(15)12(17-7-9)16-6-8-3-1-2-4-10(8)14/h1-5,7H,6H2,(H,16,17). The number of pyridine rings is 1. The van der Waals surface area contributed by atoms with E-state index in [1.807, 2.05) is 24.3 Å². The number of hydrogen-bond acceptors (Lipinski definition) is 2. The molecule has 0 fully saturated rings. The van der Waals surface area contributed by atoms with Crippen molar-refractivity contribution >= 4 is 37.7 Å². The molecule has 0 aliphatic rings. The fraction of sp³-hybridized carbons (Fsp3) is 0.0833. The Morgan fingerprint density at radius 2 is 2.00 bits per heavy atom. The van der Waals surface area contributed by atoms with Gasteiger partial charge in [0.05, 0.1) is 0 Å². The van der Waals surface area contributed by atoms with Crippen LogP contribution in [0, 0.1) is 5.82 Å². The van der Waals surface area contributed by atoms with Gasteiger partial charge in [0, 0.05) is 21.7 Å². The molecule has 2 aromatic rings. The van der Waals surface area contributed by atoms with Gasteiger partial charge in [-0.2, -0.15) is 0 Å². The van der Waals surface area contributed by atoms with Crippen molar-refractivity contribution in [1.82, 2.24) is 4.98 Å². The highest BCUT2D eigenvalue weighted by Crippen LogP contribution is 2.19. The zero-order valence-electron chi connectivity index (χ0n) is 8.75. The summed E-state index contributed by atoms with van der Waals surface area (Å²) in [6.07, 6.45) is 1.56. The van der Waals surface area contributed by atoms with Gasteiger partial charge in [-0.3, -0.25) is 0 Å². The number of benzene rings is 1. The maximum atomic E-state index is 13.5. The largest absolute Gasteiger partial charge is 0.364 e. The second-order valence-electron chi connectivity index (χ2n) is 3.43. The van der Waals surface area contributed by atoms with Crippen LogP contribution >= 0.6 is 31.9 Å². The second-order valence-corrected chi connectivity index (χ2v) is 5.20. The first-order valence-electron chi connectivity index (χ1n) is 4.95. The normalized spacial score (nSPS) is 10.3. The summed E-state index contributed by atoms with van der Waals surface area (Å²) < 4.78 is 15.1. The summed E-state index contributed by atoms with van der Waals surface area (Å²) in [7, 11) is 0. The highest BCUT2D eigenvalue weighted by atomic mass is 79.9. The number of nitrogens with zero attached hydrogens (tertiary/aromatic N) is 1. The summed E-state index contributed by atoms with van der Waals surface area (Å²) in [6.45, 7) is 0.521. The molecule has 1 aromatic carbocycles. The molecule has 0 saturated heterocycles. The number of nitrogens with one attached hydrogen (secondary N) is 1. The smallest absolute Gasteiger partial charge is 0.166 e. The molecule has 0 aliphatic carbocycles. The molecule has 1 heterocycles. The van der Waals surface area contributed by atoms with Crippen molar-refractivity contribution in [3.05, 3.63) is 56.9 Å². The monoisotopic (exact) mass is 358 g/mol. The SMILES string of the molecule is Fc1cc(Br)cnc1NCc1ccccc1Br. The molecular formula is C12H9Br2FN2. The van der Waals surface area contributed by atoms with Crippen LogP contribution in [0.25, 0.3) is 0 Å². The van der Waals surface area contributed by atoms with Gasteiger partial charge in [-0.15, -0.1) is 0 Å². The first-order valence-corrected chi connectivity index (χ1v) is 6.54. The van der Waals surface area contributed by atoms with E-state index in [0.717, 1.165) is 10.0 Å². The van der Waals surface area contributed by atoms with Crippen LogP contribution in [-0.4, -0.2) is 4.98 Å². The van der Waals surface area contributed by atoms with E-state index in [9.17, 15) is 4.39 Å². The van der Waals surface area contributed by atoms with Crippen molar-refractivity contribution in [2.45, 2.75) is 6.54 Å². The zero-order valence-corrected chi connectivity index (χ0v) is 11.9. The molecular weight excluding hydrogens is 351 g/mol. The first-order chi connectivity index (χ1) is 8.16. The molecule has 2 rings (SSSR count). The summed E-state index contributed by atoms with van der Waals surface area (Å²) in [5.74, 6) is -0.115. The predicted molar refractivity (Wildman–Crippen MR) is 73.4 cm³/mol. The number of aromatic nitrogens is 1. The minimum Gasteiger partial charge on any atom is -0.364 e. The first kappa shape index (κ1) is 12.5. The lowest BCUT2D eigenvalue weighted by atomic mass is 10.2. The van der Waals surface area contributed by atoms with E-state index < -0.39 is 0 Å². The molecule has 1 aromatic heterocycles. The van der Waals surface area contributed by atoms with Gasteiger partial charge < -0.3 is 5.32 Å². The van der Waals surface area contributed by atoms with Crippen LogP contribution in [0.5, 0.6) is 0 Å². The van der Waals surface area contributed by atoms with Crippen molar-refractivity contribution in [2.24, 2.45) is 0 Å². The zero-order chi connectivity index (χ0) is 12.3. The lowest BCUT2D eigenvalue weighted by Gasteiger charge is -2.08. The molecule has 0 bridgehead atoms. The van der Waals surface area contributed by atoms with E-state index >= 15 is 0 Å². The van der Waals surface area contributed by atoms with Gasteiger partial charge in [0.2, 0.25) is 0 Å². The average molecular weight is 360 g/mol.